The van der Waals surface area contributed by atoms with Crippen molar-refractivity contribution in [3.8, 4) is 11.1 Å². The second-order valence-corrected chi connectivity index (χ2v) is 7.81. The van der Waals surface area contributed by atoms with Gasteiger partial charge >= 0.3 is 18.0 Å². The minimum Gasteiger partial charge on any atom is -0.481 e. The van der Waals surface area contributed by atoms with Crippen LogP contribution in [-0.4, -0.2) is 45.9 Å². The predicted molar refractivity (Wildman–Crippen MR) is 117 cm³/mol. The first kappa shape index (κ1) is 24.8. The highest BCUT2D eigenvalue weighted by Gasteiger charge is 2.23. The summed E-state index contributed by atoms with van der Waals surface area (Å²) >= 11 is 0. The first-order chi connectivity index (χ1) is 15.1. The number of aryl methyl sites for hydroxylation is 1. The molecule has 0 aliphatic heterocycles. The van der Waals surface area contributed by atoms with Crippen molar-refractivity contribution in [3.05, 3.63) is 53.3 Å². The number of carboxylic acid groups (broad SMARTS) is 2. The first-order valence-electron chi connectivity index (χ1n) is 10.2. The van der Waals surface area contributed by atoms with Gasteiger partial charge < -0.3 is 26.0 Å². The monoisotopic (exact) mass is 446 g/mol. The number of carboxylic acids is 2. The van der Waals surface area contributed by atoms with Crippen LogP contribution in [0.1, 0.15) is 31.4 Å². The molecular formula is C23H27FN2O6. The fourth-order valence-corrected chi connectivity index (χ4v) is 3.15. The molecule has 2 aromatic carbocycles. The highest BCUT2D eigenvalue weighted by molar-refractivity contribution is 5.93. The van der Waals surface area contributed by atoms with E-state index in [9.17, 15) is 29.0 Å². The predicted octanol–water partition coefficient (Wildman–Crippen LogP) is 3.28. The summed E-state index contributed by atoms with van der Waals surface area (Å²) in [4.78, 5) is 34.9. The number of rotatable bonds is 10. The summed E-state index contributed by atoms with van der Waals surface area (Å²) in [7, 11) is 0. The van der Waals surface area contributed by atoms with Gasteiger partial charge in [0.1, 0.15) is 5.82 Å². The Morgan fingerprint density at radius 3 is 2.25 bits per heavy atom. The van der Waals surface area contributed by atoms with Crippen LogP contribution < -0.4 is 10.6 Å². The van der Waals surface area contributed by atoms with Crippen molar-refractivity contribution in [1.82, 2.24) is 5.32 Å². The highest BCUT2D eigenvalue weighted by atomic mass is 19.1. The van der Waals surface area contributed by atoms with Gasteiger partial charge in [0.2, 0.25) is 0 Å². The number of aliphatic hydroxyl groups excluding tert-OH is 1. The SMILES string of the molecule is CC(C)CNC(=O)Nc1c(CCC(=O)O)ccc(-c2ccc(F)cc2)c1CC(O)C(=O)O. The minimum absolute atomic E-state index is 0.0784. The quantitative estimate of drug-likeness (QED) is 0.380. The third-order valence-electron chi connectivity index (χ3n) is 4.75. The number of halogens is 1. The maximum absolute atomic E-state index is 13.4. The normalized spacial score (nSPS) is 11.8. The molecule has 32 heavy (non-hydrogen) atoms. The standard InChI is InChI=1S/C23H27FN2O6/c1-13(2)12-25-23(32)26-21-15(6-10-20(28)29)5-9-17(14-3-7-16(24)8-4-14)18(21)11-19(27)22(30)31/h3-5,7-9,13,19,27H,6,10-12H2,1-2H3,(H,28,29)(H,30,31)(H2,25,26,32). The molecule has 2 aromatic rings. The molecule has 0 bridgehead atoms. The number of hydrogen-bond acceptors (Lipinski definition) is 4. The van der Waals surface area contributed by atoms with Gasteiger partial charge in [-0.25, -0.2) is 14.0 Å². The lowest BCUT2D eigenvalue weighted by Gasteiger charge is -2.21. The highest BCUT2D eigenvalue weighted by Crippen LogP contribution is 2.34. The number of carbonyl (C=O) groups excluding carboxylic acids is 1. The molecule has 2 amide bonds. The van der Waals surface area contributed by atoms with E-state index in [1.165, 1.54) is 24.3 Å². The van der Waals surface area contributed by atoms with Gasteiger partial charge in [0.15, 0.2) is 6.10 Å². The molecule has 8 nitrogen and oxygen atoms in total. The van der Waals surface area contributed by atoms with Gasteiger partial charge in [0, 0.05) is 25.1 Å². The van der Waals surface area contributed by atoms with E-state index < -0.39 is 29.9 Å². The van der Waals surface area contributed by atoms with Crippen molar-refractivity contribution in [2.24, 2.45) is 5.92 Å². The maximum Gasteiger partial charge on any atom is 0.332 e. The number of benzene rings is 2. The molecule has 5 N–H and O–H groups in total. The van der Waals surface area contributed by atoms with Crippen molar-refractivity contribution in [1.29, 1.82) is 0 Å². The van der Waals surface area contributed by atoms with Crippen LogP contribution in [-0.2, 0) is 22.4 Å². The molecule has 9 heteroatoms. The second-order valence-electron chi connectivity index (χ2n) is 7.81. The number of nitrogens with one attached hydrogen (secondary N) is 2. The van der Waals surface area contributed by atoms with E-state index in [2.05, 4.69) is 10.6 Å². The van der Waals surface area contributed by atoms with Crippen molar-refractivity contribution in [3.63, 3.8) is 0 Å². The van der Waals surface area contributed by atoms with E-state index in [0.717, 1.165) is 0 Å². The summed E-state index contributed by atoms with van der Waals surface area (Å²) in [5, 5.41) is 33.8. The van der Waals surface area contributed by atoms with Crippen LogP contribution in [0.3, 0.4) is 0 Å². The topological polar surface area (TPSA) is 136 Å². The third-order valence-corrected chi connectivity index (χ3v) is 4.75. The molecule has 0 radical (unpaired) electrons. The van der Waals surface area contributed by atoms with Crippen LogP contribution in [0.15, 0.2) is 36.4 Å². The number of aliphatic hydroxyl groups is 1. The summed E-state index contributed by atoms with van der Waals surface area (Å²) in [6.45, 7) is 4.23. The summed E-state index contributed by atoms with van der Waals surface area (Å²) < 4.78 is 13.4. The van der Waals surface area contributed by atoms with Crippen molar-refractivity contribution in [2.45, 2.75) is 39.2 Å². The molecule has 172 valence electrons. The smallest absolute Gasteiger partial charge is 0.332 e. The molecule has 1 unspecified atom stereocenters. The molecule has 0 fully saturated rings. The van der Waals surface area contributed by atoms with E-state index in [1.54, 1.807) is 12.1 Å². The van der Waals surface area contributed by atoms with Gasteiger partial charge in [-0.1, -0.05) is 38.1 Å². The Balaban J connectivity index is 2.60. The lowest BCUT2D eigenvalue weighted by Crippen LogP contribution is -2.33. The van der Waals surface area contributed by atoms with E-state index in [-0.39, 0.29) is 30.9 Å². The Morgan fingerprint density at radius 1 is 1.03 bits per heavy atom. The van der Waals surface area contributed by atoms with Crippen molar-refractivity contribution in [2.75, 3.05) is 11.9 Å². The largest absolute Gasteiger partial charge is 0.481 e. The zero-order chi connectivity index (χ0) is 23.8. The van der Waals surface area contributed by atoms with Crippen LogP contribution in [0, 0.1) is 11.7 Å². The Kier molecular flexibility index (Phi) is 8.71. The average Bonchev–Trinajstić information content (AvgIpc) is 2.72. The van der Waals surface area contributed by atoms with Crippen LogP contribution in [0.25, 0.3) is 11.1 Å². The van der Waals surface area contributed by atoms with E-state index >= 15 is 0 Å². The number of anilines is 1. The number of carbonyl (C=O) groups is 3. The lowest BCUT2D eigenvalue weighted by molar-refractivity contribution is -0.146. The van der Waals surface area contributed by atoms with Gasteiger partial charge in [-0.2, -0.15) is 0 Å². The van der Waals surface area contributed by atoms with Gasteiger partial charge in [0.25, 0.3) is 0 Å². The average molecular weight is 446 g/mol. The molecule has 0 saturated heterocycles. The summed E-state index contributed by atoms with van der Waals surface area (Å²) in [6.07, 6.45) is -2.24. The Labute approximate surface area is 185 Å². The van der Waals surface area contributed by atoms with Crippen LogP contribution in [0.2, 0.25) is 0 Å². The fourth-order valence-electron chi connectivity index (χ4n) is 3.15. The van der Waals surface area contributed by atoms with Gasteiger partial charge in [0.05, 0.1) is 0 Å². The first-order valence-corrected chi connectivity index (χ1v) is 10.2. The second kappa shape index (κ2) is 11.2. The molecule has 2 rings (SSSR count). The summed E-state index contributed by atoms with van der Waals surface area (Å²) in [5.74, 6) is -2.74. The molecule has 0 aliphatic rings. The Hall–Kier alpha value is -3.46. The van der Waals surface area contributed by atoms with Gasteiger partial charge in [-0.3, -0.25) is 4.79 Å². The van der Waals surface area contributed by atoms with Crippen LogP contribution in [0.5, 0.6) is 0 Å². The Bertz CT molecular complexity index is 975. The molecule has 0 aliphatic carbocycles. The zero-order valence-corrected chi connectivity index (χ0v) is 17.9. The maximum atomic E-state index is 13.4. The third kappa shape index (κ3) is 7.05. The molecule has 1 atom stereocenters. The number of hydrogen-bond donors (Lipinski definition) is 5. The summed E-state index contributed by atoms with van der Waals surface area (Å²) in [6, 6.07) is 8.22. The number of amides is 2. The minimum atomic E-state index is -1.76. The van der Waals surface area contributed by atoms with E-state index in [4.69, 9.17) is 5.11 Å². The van der Waals surface area contributed by atoms with Gasteiger partial charge in [-0.15, -0.1) is 0 Å². The molecule has 0 saturated carbocycles. The van der Waals surface area contributed by atoms with E-state index in [0.29, 0.717) is 28.8 Å². The molecular weight excluding hydrogens is 419 g/mol. The van der Waals surface area contributed by atoms with Crippen molar-refractivity contribution >= 4 is 23.7 Å². The number of aliphatic carboxylic acids is 2. The van der Waals surface area contributed by atoms with Gasteiger partial charge in [-0.05, 0) is 46.7 Å². The molecule has 0 aromatic heterocycles. The molecule has 0 spiro atoms. The molecule has 0 heterocycles. The van der Waals surface area contributed by atoms with Crippen molar-refractivity contribution < 1.29 is 34.1 Å². The lowest BCUT2D eigenvalue weighted by atomic mass is 9.90. The fraction of sp³-hybridized carbons (Fsp3) is 0.348. The van der Waals surface area contributed by atoms with Crippen LogP contribution in [0.4, 0.5) is 14.9 Å². The van der Waals surface area contributed by atoms with E-state index in [1.807, 2.05) is 13.8 Å². The Morgan fingerprint density at radius 2 is 1.69 bits per heavy atom. The number of urea groups is 1. The van der Waals surface area contributed by atoms with Crippen LogP contribution >= 0.6 is 0 Å². The zero-order valence-electron chi connectivity index (χ0n) is 17.9. The summed E-state index contributed by atoms with van der Waals surface area (Å²) in [5.41, 5.74) is 2.06.